The fourth-order valence-electron chi connectivity index (χ4n) is 2.88. The van der Waals surface area contributed by atoms with Crippen LogP contribution in [0.2, 0.25) is 0 Å². The number of hydrogen-bond acceptors (Lipinski definition) is 5. The van der Waals surface area contributed by atoms with Gasteiger partial charge in [0.2, 0.25) is 11.8 Å². The second kappa shape index (κ2) is 6.02. The second-order valence-electron chi connectivity index (χ2n) is 5.39. The molecule has 0 unspecified atom stereocenters. The molecule has 0 fully saturated rings. The van der Waals surface area contributed by atoms with E-state index in [2.05, 4.69) is 32.2 Å². The minimum atomic E-state index is -0.499. The van der Waals surface area contributed by atoms with E-state index in [1.807, 2.05) is 17.5 Å². The van der Waals surface area contributed by atoms with Crippen molar-refractivity contribution in [1.29, 1.82) is 5.26 Å². The van der Waals surface area contributed by atoms with Gasteiger partial charge in [-0.25, -0.2) is 4.39 Å². The minimum Gasteiger partial charge on any atom is -0.420 e. The number of thiophene rings is 1. The molecule has 124 valence electrons. The summed E-state index contributed by atoms with van der Waals surface area (Å²) in [5.74, 6) is -0.548. The maximum Gasteiger partial charge on any atom is 0.244 e. The highest BCUT2D eigenvalue weighted by Gasteiger charge is 2.36. The normalized spacial score (nSPS) is 16.3. The monoisotopic (exact) mass is 416 g/mol. The second-order valence-corrected chi connectivity index (χ2v) is 7.20. The number of hydrogen-bond donors (Lipinski definition) is 2. The number of H-pyrrole nitrogens is 1. The van der Waals surface area contributed by atoms with E-state index in [1.165, 1.54) is 17.4 Å². The van der Waals surface area contributed by atoms with Crippen LogP contribution in [0.5, 0.6) is 5.88 Å². The van der Waals surface area contributed by atoms with Gasteiger partial charge in [0.15, 0.2) is 0 Å². The molecule has 0 saturated carbocycles. The van der Waals surface area contributed by atoms with Crippen LogP contribution in [-0.4, -0.2) is 10.2 Å². The van der Waals surface area contributed by atoms with E-state index in [0.29, 0.717) is 15.9 Å². The van der Waals surface area contributed by atoms with Crippen LogP contribution in [-0.2, 0) is 0 Å². The average Bonchev–Trinajstić information content (AvgIpc) is 3.25. The maximum absolute atomic E-state index is 13.7. The van der Waals surface area contributed by atoms with Gasteiger partial charge < -0.3 is 10.5 Å². The first-order valence-electron chi connectivity index (χ1n) is 7.24. The lowest BCUT2D eigenvalue weighted by molar-refractivity contribution is 0.379. The number of nitrogens with two attached hydrogens (primary N) is 1. The van der Waals surface area contributed by atoms with Crippen molar-refractivity contribution in [3.8, 4) is 22.5 Å². The Labute approximate surface area is 154 Å². The van der Waals surface area contributed by atoms with Gasteiger partial charge >= 0.3 is 0 Å². The SMILES string of the molecule is N#CC1=C(N)Oc2n[nH]c(-c3cccs3)c2[C@H]1c1ccc(F)c(Br)c1. The highest BCUT2D eigenvalue weighted by atomic mass is 79.9. The molecule has 0 aliphatic carbocycles. The van der Waals surface area contributed by atoms with Crippen molar-refractivity contribution in [2.24, 2.45) is 5.73 Å². The van der Waals surface area contributed by atoms with E-state index in [9.17, 15) is 9.65 Å². The Balaban J connectivity index is 1.97. The van der Waals surface area contributed by atoms with Gasteiger partial charge in [0.25, 0.3) is 0 Å². The van der Waals surface area contributed by atoms with Crippen molar-refractivity contribution in [3.05, 3.63) is 68.6 Å². The predicted octanol–water partition coefficient (Wildman–Crippen LogP) is 4.26. The van der Waals surface area contributed by atoms with E-state index < -0.39 is 5.92 Å². The lowest BCUT2D eigenvalue weighted by Crippen LogP contribution is -2.21. The third-order valence-corrected chi connectivity index (χ3v) is 5.48. The summed E-state index contributed by atoms with van der Waals surface area (Å²) in [5, 5.41) is 18.7. The maximum atomic E-state index is 13.7. The fraction of sp³-hybridized carbons (Fsp3) is 0.0588. The first-order chi connectivity index (χ1) is 12.1. The van der Waals surface area contributed by atoms with Crippen LogP contribution in [0.3, 0.4) is 0 Å². The summed E-state index contributed by atoms with van der Waals surface area (Å²) < 4.78 is 19.5. The minimum absolute atomic E-state index is 0.00433. The number of fused-ring (bicyclic) bond motifs is 1. The quantitative estimate of drug-likeness (QED) is 0.653. The van der Waals surface area contributed by atoms with Crippen LogP contribution < -0.4 is 10.5 Å². The number of rotatable bonds is 2. The zero-order valence-electron chi connectivity index (χ0n) is 12.6. The number of benzene rings is 1. The van der Waals surface area contributed by atoms with E-state index in [4.69, 9.17) is 10.5 Å². The number of ether oxygens (including phenoxy) is 1. The first-order valence-corrected chi connectivity index (χ1v) is 8.92. The zero-order valence-corrected chi connectivity index (χ0v) is 15.0. The van der Waals surface area contributed by atoms with Gasteiger partial charge in [-0.15, -0.1) is 16.4 Å². The van der Waals surface area contributed by atoms with Crippen molar-refractivity contribution < 1.29 is 9.13 Å². The molecule has 0 saturated heterocycles. The Morgan fingerprint density at radius 2 is 2.24 bits per heavy atom. The molecule has 0 amide bonds. The van der Waals surface area contributed by atoms with Crippen LogP contribution in [0.4, 0.5) is 4.39 Å². The van der Waals surface area contributed by atoms with Crippen molar-refractivity contribution in [3.63, 3.8) is 0 Å². The molecule has 1 aliphatic rings. The Morgan fingerprint density at radius 1 is 1.40 bits per heavy atom. The topological polar surface area (TPSA) is 87.7 Å². The molecular weight excluding hydrogens is 407 g/mol. The summed E-state index contributed by atoms with van der Waals surface area (Å²) in [6.07, 6.45) is 0. The van der Waals surface area contributed by atoms with Gasteiger partial charge in [0, 0.05) is 0 Å². The van der Waals surface area contributed by atoms with Gasteiger partial charge in [-0.3, -0.25) is 5.10 Å². The molecule has 3 N–H and O–H groups in total. The molecule has 3 aromatic rings. The van der Waals surface area contributed by atoms with E-state index in [1.54, 1.807) is 12.1 Å². The number of allylic oxidation sites excluding steroid dienone is 1. The largest absolute Gasteiger partial charge is 0.420 e. The molecule has 1 atom stereocenters. The van der Waals surface area contributed by atoms with E-state index in [0.717, 1.165) is 16.1 Å². The molecule has 0 radical (unpaired) electrons. The lowest BCUT2D eigenvalue weighted by Gasteiger charge is -2.24. The molecule has 2 aromatic heterocycles. The fourth-order valence-corrected chi connectivity index (χ4v) is 4.01. The van der Waals surface area contributed by atoms with Gasteiger partial charge in [-0.05, 0) is 45.1 Å². The van der Waals surface area contributed by atoms with Gasteiger partial charge in [-0.2, -0.15) is 5.26 Å². The number of nitrogens with zero attached hydrogens (tertiary/aromatic N) is 2. The summed E-state index contributed by atoms with van der Waals surface area (Å²) in [6.45, 7) is 0. The van der Waals surface area contributed by atoms with Crippen LogP contribution in [0.25, 0.3) is 10.6 Å². The highest BCUT2D eigenvalue weighted by molar-refractivity contribution is 9.10. The molecule has 1 aromatic carbocycles. The molecule has 8 heteroatoms. The molecule has 3 heterocycles. The van der Waals surface area contributed by atoms with Crippen LogP contribution >= 0.6 is 27.3 Å². The summed E-state index contributed by atoms with van der Waals surface area (Å²) in [5.41, 5.74) is 8.39. The standard InChI is InChI=1S/C17H10BrFN4OS/c18-10-6-8(3-4-11(10)19)13-9(7-20)16(21)24-17-14(13)15(22-23-17)12-2-1-5-25-12/h1-6,13H,21H2,(H,22,23)/t13-/m0/s1. The summed E-state index contributed by atoms with van der Waals surface area (Å²) in [6, 6.07) is 10.6. The molecule has 5 nitrogen and oxygen atoms in total. The Morgan fingerprint density at radius 3 is 2.92 bits per heavy atom. The van der Waals surface area contributed by atoms with Crippen molar-refractivity contribution >= 4 is 27.3 Å². The molecule has 25 heavy (non-hydrogen) atoms. The number of aromatic amines is 1. The number of aromatic nitrogens is 2. The Bertz CT molecular complexity index is 1040. The van der Waals surface area contributed by atoms with Gasteiger partial charge in [0.05, 0.1) is 26.5 Å². The third-order valence-electron chi connectivity index (χ3n) is 3.98. The molecule has 4 rings (SSSR count). The first kappa shape index (κ1) is 15.9. The zero-order chi connectivity index (χ0) is 17.6. The van der Waals surface area contributed by atoms with Crippen LogP contribution in [0.15, 0.2) is 51.6 Å². The third kappa shape index (κ3) is 2.52. The number of nitriles is 1. The van der Waals surface area contributed by atoms with Crippen molar-refractivity contribution in [2.75, 3.05) is 0 Å². The molecular formula is C17H10BrFN4OS. The van der Waals surface area contributed by atoms with E-state index >= 15 is 0 Å². The number of halogens is 2. The van der Waals surface area contributed by atoms with Crippen molar-refractivity contribution in [1.82, 2.24) is 10.2 Å². The number of nitrogens with one attached hydrogen (secondary N) is 1. The Kier molecular flexibility index (Phi) is 3.82. The van der Waals surface area contributed by atoms with E-state index in [-0.39, 0.29) is 17.3 Å². The smallest absolute Gasteiger partial charge is 0.244 e. The highest BCUT2D eigenvalue weighted by Crippen LogP contribution is 2.46. The average molecular weight is 417 g/mol. The molecule has 0 bridgehead atoms. The molecule has 0 spiro atoms. The lowest BCUT2D eigenvalue weighted by atomic mass is 9.84. The van der Waals surface area contributed by atoms with Gasteiger partial charge in [0.1, 0.15) is 17.5 Å². The van der Waals surface area contributed by atoms with Gasteiger partial charge in [-0.1, -0.05) is 12.1 Å². The van der Waals surface area contributed by atoms with Crippen LogP contribution in [0, 0.1) is 17.1 Å². The molecule has 1 aliphatic heterocycles. The predicted molar refractivity (Wildman–Crippen MR) is 95.3 cm³/mol. The summed E-state index contributed by atoms with van der Waals surface area (Å²) in [7, 11) is 0. The van der Waals surface area contributed by atoms with Crippen molar-refractivity contribution in [2.45, 2.75) is 5.92 Å². The summed E-state index contributed by atoms with van der Waals surface area (Å²) in [4.78, 5) is 0.960. The van der Waals surface area contributed by atoms with Crippen LogP contribution in [0.1, 0.15) is 17.0 Å². The summed E-state index contributed by atoms with van der Waals surface area (Å²) >= 11 is 4.74. The Hall–Kier alpha value is -2.63.